The lowest BCUT2D eigenvalue weighted by Crippen LogP contribution is -2.25. The van der Waals surface area contributed by atoms with Gasteiger partial charge in [0.05, 0.1) is 0 Å². The van der Waals surface area contributed by atoms with Gasteiger partial charge >= 0.3 is 5.97 Å². The van der Waals surface area contributed by atoms with Gasteiger partial charge in [-0.25, -0.2) is 4.79 Å². The van der Waals surface area contributed by atoms with Gasteiger partial charge in [0.2, 0.25) is 0 Å². The Kier molecular flexibility index (Phi) is 3.04. The van der Waals surface area contributed by atoms with E-state index in [1.54, 1.807) is 6.92 Å². The number of carbonyl (C=O) groups excluding carboxylic acids is 1. The number of hydrogen-bond donors (Lipinski definition) is 0. The van der Waals surface area contributed by atoms with Gasteiger partial charge in [0.1, 0.15) is 5.75 Å². The third kappa shape index (κ3) is 2.02. The fourth-order valence-corrected chi connectivity index (χ4v) is 3.79. The first kappa shape index (κ1) is 14.9. The van der Waals surface area contributed by atoms with Crippen molar-refractivity contribution in [2.24, 2.45) is 0 Å². The molecule has 0 spiro atoms. The first-order chi connectivity index (χ1) is 12.6. The second-order valence-electron chi connectivity index (χ2n) is 6.75. The van der Waals surface area contributed by atoms with E-state index in [1.807, 2.05) is 12.1 Å². The molecule has 124 valence electrons. The van der Waals surface area contributed by atoms with E-state index in [0.717, 1.165) is 11.1 Å². The largest absolute Gasteiger partial charge is 0.423 e. The Bertz CT molecular complexity index is 1250. The summed E-state index contributed by atoms with van der Waals surface area (Å²) in [5.74, 6) is 0.183. The molecule has 0 heterocycles. The van der Waals surface area contributed by atoms with Crippen molar-refractivity contribution in [2.75, 3.05) is 0 Å². The van der Waals surface area contributed by atoms with Gasteiger partial charge in [-0.05, 0) is 63.4 Å². The minimum absolute atomic E-state index is 0.391. The summed E-state index contributed by atoms with van der Waals surface area (Å²) in [7, 11) is 0. The fourth-order valence-electron chi connectivity index (χ4n) is 3.79. The first-order valence-electron chi connectivity index (χ1n) is 8.60. The minimum Gasteiger partial charge on any atom is -0.423 e. The summed E-state index contributed by atoms with van der Waals surface area (Å²) < 4.78 is 5.55. The molecule has 0 radical (unpaired) electrons. The highest BCUT2D eigenvalue weighted by atomic mass is 16.5. The average Bonchev–Trinajstić information content (AvgIpc) is 3.20. The first-order valence-corrected chi connectivity index (χ1v) is 8.60. The molecule has 0 fully saturated rings. The molecular weight excluding hydrogens is 320 g/mol. The summed E-state index contributed by atoms with van der Waals surface area (Å²) in [6.07, 6.45) is 4.37. The van der Waals surface area contributed by atoms with Crippen LogP contribution in [0.1, 0.15) is 18.1 Å². The van der Waals surface area contributed by atoms with E-state index in [0.29, 0.717) is 11.3 Å². The molecule has 0 N–H and O–H groups in total. The predicted octanol–water partition coefficient (Wildman–Crippen LogP) is 3.79. The van der Waals surface area contributed by atoms with Crippen LogP contribution in [0.3, 0.4) is 0 Å². The highest BCUT2D eigenvalue weighted by molar-refractivity contribution is 5.93. The van der Waals surface area contributed by atoms with Crippen molar-refractivity contribution in [1.82, 2.24) is 0 Å². The minimum atomic E-state index is -0.396. The van der Waals surface area contributed by atoms with E-state index in [1.165, 1.54) is 32.7 Å². The Morgan fingerprint density at radius 3 is 2.31 bits per heavy atom. The van der Waals surface area contributed by atoms with Gasteiger partial charge < -0.3 is 4.74 Å². The summed E-state index contributed by atoms with van der Waals surface area (Å²) in [5, 5.41) is 2.42. The Labute approximate surface area is 151 Å². The van der Waals surface area contributed by atoms with Crippen LogP contribution in [0.25, 0.3) is 34.4 Å². The number of esters is 1. The number of hydrogen-bond acceptors (Lipinski definition) is 2. The number of carbonyl (C=O) groups is 1. The van der Waals surface area contributed by atoms with E-state index < -0.39 is 5.97 Å². The molecule has 2 nitrogen and oxygen atoms in total. The molecule has 0 unspecified atom stereocenters. The maximum Gasteiger partial charge on any atom is 0.338 e. The molecule has 0 aliphatic heterocycles. The van der Waals surface area contributed by atoms with Crippen LogP contribution < -0.4 is 15.2 Å². The molecule has 0 atom stereocenters. The Hall–Kier alpha value is -3.39. The standard InChI is InChI=1S/C24H16O2/c1-14(2)24(25)26-23-9-5-8-17-19-11-10-18-16-7-4-3-6-15(16)12-20(18)21(19)13-22(17)23/h3-13H,1H2,2H3. The lowest BCUT2D eigenvalue weighted by molar-refractivity contribution is -0.130. The third-order valence-electron chi connectivity index (χ3n) is 5.03. The van der Waals surface area contributed by atoms with Crippen LogP contribution in [-0.2, 0) is 4.79 Å². The second-order valence-corrected chi connectivity index (χ2v) is 6.75. The summed E-state index contributed by atoms with van der Waals surface area (Å²) in [5.41, 5.74) is 7.38. The molecule has 3 aromatic rings. The van der Waals surface area contributed by atoms with Crippen LogP contribution in [-0.4, -0.2) is 5.97 Å². The molecular formula is C24H16O2. The van der Waals surface area contributed by atoms with Crippen molar-refractivity contribution >= 4 is 18.1 Å². The van der Waals surface area contributed by atoms with Crippen LogP contribution in [0.15, 0.2) is 66.7 Å². The molecule has 0 bridgehead atoms. The van der Waals surface area contributed by atoms with Crippen LogP contribution in [0.2, 0.25) is 0 Å². The summed E-state index contributed by atoms with van der Waals surface area (Å²) in [6, 6.07) is 18.6. The zero-order valence-corrected chi connectivity index (χ0v) is 14.4. The number of fused-ring (bicyclic) bond motifs is 7. The van der Waals surface area contributed by atoms with Crippen molar-refractivity contribution in [3.8, 4) is 28.0 Å². The van der Waals surface area contributed by atoms with Crippen molar-refractivity contribution < 1.29 is 9.53 Å². The highest BCUT2D eigenvalue weighted by Gasteiger charge is 2.21. The van der Waals surface area contributed by atoms with Crippen molar-refractivity contribution in [2.45, 2.75) is 6.92 Å². The molecule has 0 aromatic heterocycles. The third-order valence-corrected chi connectivity index (χ3v) is 5.03. The molecule has 2 aliphatic carbocycles. The molecule has 0 amide bonds. The number of ether oxygens (including phenoxy) is 1. The van der Waals surface area contributed by atoms with E-state index in [2.05, 4.69) is 61.2 Å². The van der Waals surface area contributed by atoms with Gasteiger partial charge in [-0.1, -0.05) is 55.1 Å². The maximum atomic E-state index is 12.0. The molecule has 2 heteroatoms. The van der Waals surface area contributed by atoms with Crippen molar-refractivity contribution in [1.29, 1.82) is 0 Å². The van der Waals surface area contributed by atoms with Crippen molar-refractivity contribution in [3.63, 3.8) is 0 Å². The van der Waals surface area contributed by atoms with Crippen LogP contribution >= 0.6 is 0 Å². The van der Waals surface area contributed by atoms with Crippen molar-refractivity contribution in [3.05, 3.63) is 88.3 Å². The van der Waals surface area contributed by atoms with Gasteiger partial charge in [0.15, 0.2) is 0 Å². The van der Waals surface area contributed by atoms with E-state index in [-0.39, 0.29) is 0 Å². The SMILES string of the molecule is C=C(C)C(=O)Oc1cccc2c1C=c1c-2ccc2c1=Cc1ccccc1-2. The maximum absolute atomic E-state index is 12.0. The Morgan fingerprint density at radius 2 is 1.50 bits per heavy atom. The molecule has 0 saturated heterocycles. The topological polar surface area (TPSA) is 26.3 Å². The Morgan fingerprint density at radius 1 is 0.808 bits per heavy atom. The molecule has 0 saturated carbocycles. The Balaban J connectivity index is 1.73. The van der Waals surface area contributed by atoms with Gasteiger partial charge in [0, 0.05) is 11.1 Å². The molecule has 3 aromatic carbocycles. The van der Waals surface area contributed by atoms with Crippen LogP contribution in [0.5, 0.6) is 5.75 Å². The zero-order chi connectivity index (χ0) is 17.8. The van der Waals surface area contributed by atoms with E-state index in [9.17, 15) is 4.79 Å². The van der Waals surface area contributed by atoms with Gasteiger partial charge in [-0.15, -0.1) is 0 Å². The second kappa shape index (κ2) is 5.30. The van der Waals surface area contributed by atoms with E-state index >= 15 is 0 Å². The molecule has 5 rings (SSSR count). The van der Waals surface area contributed by atoms with E-state index in [4.69, 9.17) is 4.74 Å². The smallest absolute Gasteiger partial charge is 0.338 e. The quantitative estimate of drug-likeness (QED) is 0.279. The van der Waals surface area contributed by atoms with Gasteiger partial charge in [0.25, 0.3) is 0 Å². The summed E-state index contributed by atoms with van der Waals surface area (Å²) in [6.45, 7) is 5.32. The summed E-state index contributed by atoms with van der Waals surface area (Å²) >= 11 is 0. The summed E-state index contributed by atoms with van der Waals surface area (Å²) in [4.78, 5) is 12.0. The average molecular weight is 336 g/mol. The lowest BCUT2D eigenvalue weighted by Gasteiger charge is -2.09. The fraction of sp³-hybridized carbons (Fsp3) is 0.0417. The zero-order valence-electron chi connectivity index (χ0n) is 14.4. The number of rotatable bonds is 2. The van der Waals surface area contributed by atoms with Crippen LogP contribution in [0, 0.1) is 0 Å². The van der Waals surface area contributed by atoms with Crippen LogP contribution in [0.4, 0.5) is 0 Å². The molecule has 2 aliphatic rings. The lowest BCUT2D eigenvalue weighted by atomic mass is 10.0. The molecule has 26 heavy (non-hydrogen) atoms. The monoisotopic (exact) mass is 336 g/mol. The normalized spacial score (nSPS) is 12.2. The number of benzene rings is 3. The van der Waals surface area contributed by atoms with Gasteiger partial charge in [-0.3, -0.25) is 0 Å². The highest BCUT2D eigenvalue weighted by Crippen LogP contribution is 2.35. The van der Waals surface area contributed by atoms with Gasteiger partial charge in [-0.2, -0.15) is 0 Å². The predicted molar refractivity (Wildman–Crippen MR) is 104 cm³/mol.